The average molecular weight is 511 g/mol. The summed E-state index contributed by atoms with van der Waals surface area (Å²) in [5, 5.41) is 0. The Labute approximate surface area is 184 Å². The first-order valence-corrected chi connectivity index (χ1v) is 11.8. The van der Waals surface area contributed by atoms with Crippen LogP contribution in [0.5, 0.6) is 0 Å². The van der Waals surface area contributed by atoms with Crippen LogP contribution in [0.25, 0.3) is 0 Å². The quantitative estimate of drug-likeness (QED) is 0.238. The molecule has 0 unspecified atom stereocenters. The predicted octanol–water partition coefficient (Wildman–Crippen LogP) is 2.55. The lowest BCUT2D eigenvalue weighted by atomic mass is 10.1. The van der Waals surface area contributed by atoms with Crippen LogP contribution in [0, 0.1) is 0 Å². The van der Waals surface area contributed by atoms with E-state index in [4.69, 9.17) is 0 Å². The predicted molar refractivity (Wildman–Crippen MR) is 115 cm³/mol. The molecule has 4 nitrogen and oxygen atoms in total. The lowest BCUT2D eigenvalue weighted by Gasteiger charge is -2.23. The van der Waals surface area contributed by atoms with Gasteiger partial charge in [-0.15, -0.1) is 0 Å². The second kappa shape index (κ2) is 13.8. The van der Waals surface area contributed by atoms with Gasteiger partial charge in [0.1, 0.15) is 5.69 Å². The Bertz CT molecular complexity index is 596. The first kappa shape index (κ1) is 26.7. The number of quaternary nitrogens is 1. The Kier molecular flexibility index (Phi) is 13.6. The van der Waals surface area contributed by atoms with Crippen LogP contribution in [-0.2, 0) is 10.0 Å². The highest BCUT2D eigenvalue weighted by Crippen LogP contribution is 2.20. The molecule has 6 heteroatoms. The zero-order chi connectivity index (χ0) is 19.5. The first-order valence-electron chi connectivity index (χ1n) is 10.2. The molecule has 27 heavy (non-hydrogen) atoms. The standard InChI is InChI=1S/C21H39N2O2S.HI/c1-5-6-7-8-9-10-11-12-13-14-19-26(24,25)22-20-15-17-21(18-16-20)23(2,3)4;/h15-18,22H,5-14,19H2,1-4H3;1H/q+1;/p-1. The summed E-state index contributed by atoms with van der Waals surface area (Å²) in [6.45, 7) is 2.24. The summed E-state index contributed by atoms with van der Waals surface area (Å²) >= 11 is 0. The van der Waals surface area contributed by atoms with Crippen molar-refractivity contribution in [1.82, 2.24) is 4.48 Å². The maximum atomic E-state index is 12.2. The highest BCUT2D eigenvalue weighted by atomic mass is 127. The zero-order valence-corrected chi connectivity index (χ0v) is 20.6. The Morgan fingerprint density at radius 3 is 1.67 bits per heavy atom. The monoisotopic (exact) mass is 510 g/mol. The third-order valence-electron chi connectivity index (χ3n) is 4.68. The summed E-state index contributed by atoms with van der Waals surface area (Å²) in [6, 6.07) is 7.63. The van der Waals surface area contributed by atoms with Crippen LogP contribution in [-0.4, -0.2) is 35.3 Å². The Balaban J connectivity index is 0.00000676. The van der Waals surface area contributed by atoms with E-state index in [0.717, 1.165) is 24.9 Å². The largest absolute Gasteiger partial charge is 1.00 e. The molecular formula is C21H39IN2O2S. The highest BCUT2D eigenvalue weighted by molar-refractivity contribution is 7.92. The molecule has 0 saturated heterocycles. The van der Waals surface area contributed by atoms with E-state index < -0.39 is 10.0 Å². The second-order valence-corrected chi connectivity index (χ2v) is 10.0. The van der Waals surface area contributed by atoms with Crippen molar-refractivity contribution in [3.8, 4) is 0 Å². The van der Waals surface area contributed by atoms with Gasteiger partial charge in [0.15, 0.2) is 0 Å². The van der Waals surface area contributed by atoms with Crippen molar-refractivity contribution in [3.05, 3.63) is 24.3 Å². The van der Waals surface area contributed by atoms with E-state index >= 15 is 0 Å². The topological polar surface area (TPSA) is 46.2 Å². The number of anilines is 1. The SMILES string of the molecule is CCCCCCCCCCCCS(=O)(=O)Nc1ccc([N+](C)(C)C)cc1.[I-]. The smallest absolute Gasteiger partial charge is 0.232 e. The zero-order valence-electron chi connectivity index (χ0n) is 17.6. The van der Waals surface area contributed by atoms with Crippen molar-refractivity contribution in [2.75, 3.05) is 31.6 Å². The molecule has 1 rings (SSSR count). The molecule has 0 aliphatic rings. The van der Waals surface area contributed by atoms with Gasteiger partial charge >= 0.3 is 0 Å². The van der Waals surface area contributed by atoms with Gasteiger partial charge < -0.3 is 24.0 Å². The highest BCUT2D eigenvalue weighted by Gasteiger charge is 2.13. The van der Waals surface area contributed by atoms with Crippen molar-refractivity contribution in [2.45, 2.75) is 71.1 Å². The van der Waals surface area contributed by atoms with Gasteiger partial charge in [0.2, 0.25) is 10.0 Å². The molecule has 1 aromatic carbocycles. The lowest BCUT2D eigenvalue weighted by molar-refractivity contribution is -0.00000827. The third kappa shape index (κ3) is 12.7. The van der Waals surface area contributed by atoms with E-state index in [0.29, 0.717) is 10.2 Å². The van der Waals surface area contributed by atoms with Gasteiger partial charge in [-0.2, -0.15) is 0 Å². The van der Waals surface area contributed by atoms with Crippen molar-refractivity contribution < 1.29 is 32.4 Å². The van der Waals surface area contributed by atoms with Gasteiger partial charge in [-0.25, -0.2) is 8.42 Å². The molecule has 0 atom stereocenters. The van der Waals surface area contributed by atoms with Crippen LogP contribution in [0.15, 0.2) is 24.3 Å². The number of benzene rings is 1. The van der Waals surface area contributed by atoms with Crippen LogP contribution < -0.4 is 33.2 Å². The first-order chi connectivity index (χ1) is 12.2. The maximum Gasteiger partial charge on any atom is 0.232 e. The summed E-state index contributed by atoms with van der Waals surface area (Å²) in [5.74, 6) is 0.209. The molecule has 158 valence electrons. The van der Waals surface area contributed by atoms with Gasteiger partial charge in [-0.1, -0.05) is 64.7 Å². The number of nitrogens with one attached hydrogen (secondary N) is 1. The summed E-state index contributed by atoms with van der Waals surface area (Å²) in [4.78, 5) is 0. The number of sulfonamides is 1. The Hall–Kier alpha value is -0.340. The number of halogens is 1. The molecule has 0 amide bonds. The average Bonchev–Trinajstić information content (AvgIpc) is 2.56. The van der Waals surface area contributed by atoms with Crippen molar-refractivity contribution >= 4 is 21.4 Å². The van der Waals surface area contributed by atoms with Crippen LogP contribution >= 0.6 is 0 Å². The number of unbranched alkanes of at least 4 members (excludes halogenated alkanes) is 9. The maximum absolute atomic E-state index is 12.2. The van der Waals surface area contributed by atoms with E-state index in [2.05, 4.69) is 32.8 Å². The second-order valence-electron chi connectivity index (χ2n) is 8.16. The molecule has 0 aliphatic carbocycles. The fourth-order valence-corrected chi connectivity index (χ4v) is 4.17. The molecule has 0 spiro atoms. The van der Waals surface area contributed by atoms with Gasteiger partial charge in [-0.3, -0.25) is 9.21 Å². The van der Waals surface area contributed by atoms with Crippen LogP contribution in [0.4, 0.5) is 11.4 Å². The van der Waals surface area contributed by atoms with Crippen LogP contribution in [0.1, 0.15) is 71.1 Å². The van der Waals surface area contributed by atoms with E-state index in [-0.39, 0.29) is 29.7 Å². The minimum Gasteiger partial charge on any atom is -1.00 e. The van der Waals surface area contributed by atoms with Crippen molar-refractivity contribution in [2.24, 2.45) is 0 Å². The van der Waals surface area contributed by atoms with Crippen LogP contribution in [0.2, 0.25) is 0 Å². The van der Waals surface area contributed by atoms with Gasteiger partial charge in [0, 0.05) is 17.8 Å². The van der Waals surface area contributed by atoms with E-state index in [1.54, 1.807) is 0 Å². The molecule has 1 N–H and O–H groups in total. The molecule has 0 aromatic heterocycles. The van der Waals surface area contributed by atoms with Gasteiger partial charge in [0.25, 0.3) is 0 Å². The van der Waals surface area contributed by atoms with Gasteiger partial charge in [-0.05, 0) is 18.6 Å². The number of nitrogens with zero attached hydrogens (tertiary/aromatic N) is 1. The van der Waals surface area contributed by atoms with Crippen LogP contribution in [0.3, 0.4) is 0 Å². The van der Waals surface area contributed by atoms with Gasteiger partial charge in [0.05, 0.1) is 26.9 Å². The third-order valence-corrected chi connectivity index (χ3v) is 6.05. The summed E-state index contributed by atoms with van der Waals surface area (Å²) in [6.07, 6.45) is 12.1. The van der Waals surface area contributed by atoms with E-state index in [1.807, 2.05) is 24.3 Å². The molecule has 0 fully saturated rings. The minimum absolute atomic E-state index is 0. The number of rotatable bonds is 14. The number of hydrogen-bond donors (Lipinski definition) is 1. The van der Waals surface area contributed by atoms with Crippen molar-refractivity contribution in [3.63, 3.8) is 0 Å². The number of hydrogen-bond acceptors (Lipinski definition) is 2. The van der Waals surface area contributed by atoms with E-state index in [1.165, 1.54) is 44.9 Å². The molecule has 1 aromatic rings. The normalized spacial score (nSPS) is 11.9. The van der Waals surface area contributed by atoms with Crippen molar-refractivity contribution in [1.29, 1.82) is 0 Å². The summed E-state index contributed by atoms with van der Waals surface area (Å²) in [5.41, 5.74) is 1.79. The molecule has 0 radical (unpaired) electrons. The summed E-state index contributed by atoms with van der Waals surface area (Å²) < 4.78 is 27.8. The molecule has 0 heterocycles. The fraction of sp³-hybridized carbons (Fsp3) is 0.714. The Morgan fingerprint density at radius 2 is 1.22 bits per heavy atom. The lowest BCUT2D eigenvalue weighted by Crippen LogP contribution is -3.00. The molecule has 0 bridgehead atoms. The molecule has 0 aliphatic heterocycles. The fourth-order valence-electron chi connectivity index (χ4n) is 2.99. The molecule has 0 saturated carbocycles. The minimum atomic E-state index is -3.25. The Morgan fingerprint density at radius 1 is 0.778 bits per heavy atom. The summed E-state index contributed by atoms with van der Waals surface area (Å²) in [7, 11) is 3.02. The molecular weight excluding hydrogens is 471 g/mol. The van der Waals surface area contributed by atoms with E-state index in [9.17, 15) is 8.42 Å².